The molecule has 0 aromatic heterocycles. The molecule has 26 heavy (non-hydrogen) atoms. The normalized spacial score (nSPS) is 11.0. The fraction of sp³-hybridized carbons (Fsp3) is 0.200. The maximum Gasteiger partial charge on any atom is 0.414 e. The van der Waals surface area contributed by atoms with E-state index in [2.05, 4.69) is 27.7 Å². The Balaban J connectivity index is 2.16. The van der Waals surface area contributed by atoms with Gasteiger partial charge in [-0.1, -0.05) is 57.5 Å². The molecule has 0 aliphatic carbocycles. The number of carbonyl (C=O) groups is 1. The minimum absolute atomic E-state index is 0.228. The lowest BCUT2D eigenvalue weighted by molar-refractivity contribution is 0.130. The second-order valence-electron chi connectivity index (χ2n) is 5.46. The van der Waals surface area contributed by atoms with Crippen LogP contribution in [0.4, 0.5) is 10.5 Å². The lowest BCUT2D eigenvalue weighted by atomic mass is 10.1. The Morgan fingerprint density at radius 3 is 2.73 bits per heavy atom. The first-order valence-electron chi connectivity index (χ1n) is 8.03. The number of halogens is 1. The van der Waals surface area contributed by atoms with E-state index in [1.54, 1.807) is 6.08 Å². The molecule has 0 radical (unpaired) electrons. The van der Waals surface area contributed by atoms with E-state index in [0.29, 0.717) is 12.2 Å². The van der Waals surface area contributed by atoms with E-state index in [0.717, 1.165) is 21.3 Å². The van der Waals surface area contributed by atoms with Crippen molar-refractivity contribution >= 4 is 33.4 Å². The summed E-state index contributed by atoms with van der Waals surface area (Å²) in [5, 5.41) is 4.18. The average molecular weight is 417 g/mol. The summed E-state index contributed by atoms with van der Waals surface area (Å²) in [5.74, 6) is 0. The van der Waals surface area contributed by atoms with Crippen molar-refractivity contribution in [1.82, 2.24) is 0 Å². The number of rotatable bonds is 7. The molecular formula is C20H21BrN2O3. The van der Waals surface area contributed by atoms with Gasteiger partial charge in [-0.15, -0.1) is 6.58 Å². The third kappa shape index (κ3) is 5.20. The van der Waals surface area contributed by atoms with Gasteiger partial charge in [0.2, 0.25) is 0 Å². The molecule has 5 nitrogen and oxygen atoms in total. The molecule has 0 atom stereocenters. The highest BCUT2D eigenvalue weighted by molar-refractivity contribution is 9.10. The van der Waals surface area contributed by atoms with Crippen LogP contribution in [0.5, 0.6) is 0 Å². The maximum absolute atomic E-state index is 12.0. The Hall–Kier alpha value is -2.60. The quantitative estimate of drug-likeness (QED) is 0.356. The van der Waals surface area contributed by atoms with E-state index in [1.807, 2.05) is 55.5 Å². The molecule has 0 aliphatic rings. The summed E-state index contributed by atoms with van der Waals surface area (Å²) in [6.45, 7) is 6.14. The van der Waals surface area contributed by atoms with Gasteiger partial charge in [0.15, 0.2) is 0 Å². The lowest BCUT2D eigenvalue weighted by Crippen LogP contribution is -2.31. The van der Waals surface area contributed by atoms with Crippen LogP contribution in [0.1, 0.15) is 18.1 Å². The Bertz CT molecular complexity index is 805. The SMILES string of the molecule is C=CCN(C(=O)OC)c1ccccc1CON=C(C)c1cccc(Br)c1. The van der Waals surface area contributed by atoms with Crippen LogP contribution in [0.3, 0.4) is 0 Å². The highest BCUT2D eigenvalue weighted by Gasteiger charge is 2.18. The predicted molar refractivity (Wildman–Crippen MR) is 108 cm³/mol. The molecule has 0 saturated carbocycles. The molecule has 136 valence electrons. The second kappa shape index (κ2) is 9.77. The van der Waals surface area contributed by atoms with Crippen molar-refractivity contribution in [2.45, 2.75) is 13.5 Å². The van der Waals surface area contributed by atoms with Crippen molar-refractivity contribution in [3.05, 3.63) is 76.8 Å². The van der Waals surface area contributed by atoms with Crippen LogP contribution in [-0.2, 0) is 16.2 Å². The van der Waals surface area contributed by atoms with Gasteiger partial charge in [-0.05, 0) is 25.1 Å². The number of hydrogen-bond donors (Lipinski definition) is 0. The summed E-state index contributed by atoms with van der Waals surface area (Å²) >= 11 is 3.44. The van der Waals surface area contributed by atoms with Crippen LogP contribution in [0.2, 0.25) is 0 Å². The van der Waals surface area contributed by atoms with Gasteiger partial charge < -0.3 is 9.57 Å². The zero-order chi connectivity index (χ0) is 18.9. The van der Waals surface area contributed by atoms with Gasteiger partial charge in [-0.25, -0.2) is 4.79 Å². The molecule has 6 heteroatoms. The molecule has 1 amide bonds. The van der Waals surface area contributed by atoms with Crippen molar-refractivity contribution in [2.75, 3.05) is 18.6 Å². The third-order valence-corrected chi connectivity index (χ3v) is 4.15. The van der Waals surface area contributed by atoms with Crippen LogP contribution in [0, 0.1) is 0 Å². The number of oxime groups is 1. The number of hydrogen-bond acceptors (Lipinski definition) is 4. The molecule has 0 N–H and O–H groups in total. The number of nitrogens with zero attached hydrogens (tertiary/aromatic N) is 2. The van der Waals surface area contributed by atoms with Gasteiger partial charge >= 0.3 is 6.09 Å². The molecule has 2 aromatic rings. The number of benzene rings is 2. The number of carbonyl (C=O) groups excluding carboxylic acids is 1. The second-order valence-corrected chi connectivity index (χ2v) is 6.37. The summed E-state index contributed by atoms with van der Waals surface area (Å²) < 4.78 is 5.83. The molecule has 0 heterocycles. The van der Waals surface area contributed by atoms with Gasteiger partial charge in [0.05, 0.1) is 18.5 Å². The van der Waals surface area contributed by atoms with Gasteiger partial charge in [0, 0.05) is 22.1 Å². The molecule has 0 aliphatic heterocycles. The van der Waals surface area contributed by atoms with Gasteiger partial charge in [-0.3, -0.25) is 4.90 Å². The molecule has 0 unspecified atom stereocenters. The highest BCUT2D eigenvalue weighted by Crippen LogP contribution is 2.22. The number of para-hydroxylation sites is 1. The van der Waals surface area contributed by atoms with E-state index in [1.165, 1.54) is 12.0 Å². The van der Waals surface area contributed by atoms with E-state index in [4.69, 9.17) is 9.57 Å². The Kier molecular flexibility index (Phi) is 7.41. The minimum atomic E-state index is -0.453. The first kappa shape index (κ1) is 19.7. The molecule has 2 rings (SSSR count). The molecular weight excluding hydrogens is 396 g/mol. The maximum atomic E-state index is 12.0. The largest absolute Gasteiger partial charge is 0.452 e. The molecule has 0 saturated heterocycles. The van der Waals surface area contributed by atoms with Crippen LogP contribution in [-0.4, -0.2) is 25.5 Å². The topological polar surface area (TPSA) is 51.1 Å². The Labute approximate surface area is 162 Å². The Morgan fingerprint density at radius 2 is 2.04 bits per heavy atom. The van der Waals surface area contributed by atoms with E-state index in [9.17, 15) is 4.79 Å². The number of amides is 1. The van der Waals surface area contributed by atoms with Crippen LogP contribution >= 0.6 is 15.9 Å². The number of methoxy groups -OCH3 is 1. The summed E-state index contributed by atoms with van der Waals surface area (Å²) in [5.41, 5.74) is 3.26. The Morgan fingerprint density at radius 1 is 1.27 bits per heavy atom. The molecule has 0 bridgehead atoms. The van der Waals surface area contributed by atoms with Crippen molar-refractivity contribution in [2.24, 2.45) is 5.16 Å². The number of anilines is 1. The summed E-state index contributed by atoms with van der Waals surface area (Å²) in [6, 6.07) is 15.3. The van der Waals surface area contributed by atoms with Gasteiger partial charge in [-0.2, -0.15) is 0 Å². The molecule has 2 aromatic carbocycles. The van der Waals surface area contributed by atoms with E-state index in [-0.39, 0.29) is 6.61 Å². The van der Waals surface area contributed by atoms with Crippen molar-refractivity contribution < 1.29 is 14.4 Å². The number of ether oxygens (including phenoxy) is 1. The molecule has 0 fully saturated rings. The van der Waals surface area contributed by atoms with Crippen molar-refractivity contribution in [1.29, 1.82) is 0 Å². The van der Waals surface area contributed by atoms with Crippen LogP contribution in [0.25, 0.3) is 0 Å². The van der Waals surface area contributed by atoms with E-state index < -0.39 is 6.09 Å². The molecule has 0 spiro atoms. The highest BCUT2D eigenvalue weighted by atomic mass is 79.9. The third-order valence-electron chi connectivity index (χ3n) is 3.65. The summed E-state index contributed by atoms with van der Waals surface area (Å²) in [7, 11) is 1.35. The van der Waals surface area contributed by atoms with Gasteiger partial charge in [0.1, 0.15) is 6.61 Å². The zero-order valence-corrected chi connectivity index (χ0v) is 16.4. The van der Waals surface area contributed by atoms with Crippen molar-refractivity contribution in [3.63, 3.8) is 0 Å². The van der Waals surface area contributed by atoms with Crippen LogP contribution in [0.15, 0.2) is 70.8 Å². The summed E-state index contributed by atoms with van der Waals surface area (Å²) in [6.07, 6.45) is 1.19. The monoisotopic (exact) mass is 416 g/mol. The zero-order valence-electron chi connectivity index (χ0n) is 14.8. The first-order chi connectivity index (χ1) is 12.6. The first-order valence-corrected chi connectivity index (χ1v) is 8.83. The standard InChI is InChI=1S/C20H21BrN2O3/c1-4-12-23(20(24)25-3)19-11-6-5-8-17(19)14-26-22-15(2)16-9-7-10-18(21)13-16/h4-11,13H,1,12,14H2,2-3H3. The van der Waals surface area contributed by atoms with Crippen LogP contribution < -0.4 is 4.90 Å². The lowest BCUT2D eigenvalue weighted by Gasteiger charge is -2.22. The minimum Gasteiger partial charge on any atom is -0.452 e. The fourth-order valence-electron chi connectivity index (χ4n) is 2.37. The predicted octanol–water partition coefficient (Wildman–Crippen LogP) is 5.15. The fourth-order valence-corrected chi connectivity index (χ4v) is 2.77. The average Bonchev–Trinajstić information content (AvgIpc) is 2.66. The summed E-state index contributed by atoms with van der Waals surface area (Å²) in [4.78, 5) is 19.1. The smallest absolute Gasteiger partial charge is 0.414 e. The van der Waals surface area contributed by atoms with E-state index >= 15 is 0 Å². The van der Waals surface area contributed by atoms with Crippen molar-refractivity contribution in [3.8, 4) is 0 Å². The van der Waals surface area contributed by atoms with Gasteiger partial charge in [0.25, 0.3) is 0 Å².